The van der Waals surface area contributed by atoms with Crippen LogP contribution in [0.5, 0.6) is 0 Å². The summed E-state index contributed by atoms with van der Waals surface area (Å²) in [6.07, 6.45) is 1.11. The molecule has 0 fully saturated rings. The number of hydrogen-bond acceptors (Lipinski definition) is 4. The molecule has 1 unspecified atom stereocenters. The van der Waals surface area contributed by atoms with E-state index in [1.165, 1.54) is 10.4 Å². The predicted octanol–water partition coefficient (Wildman–Crippen LogP) is 3.23. The van der Waals surface area contributed by atoms with Crippen molar-refractivity contribution in [2.24, 2.45) is 0 Å². The summed E-state index contributed by atoms with van der Waals surface area (Å²) in [7, 11) is 4.21. The van der Waals surface area contributed by atoms with Gasteiger partial charge in [-0.15, -0.1) is 11.3 Å². The van der Waals surface area contributed by atoms with Gasteiger partial charge in [-0.05, 0) is 33.0 Å². The maximum absolute atomic E-state index is 4.31. The summed E-state index contributed by atoms with van der Waals surface area (Å²) in [5.74, 6) is 0. The molecular weight excluding hydrogens is 266 g/mol. The van der Waals surface area contributed by atoms with Crippen LogP contribution in [0.3, 0.4) is 0 Å². The molecule has 0 spiro atoms. The average molecular weight is 289 g/mol. The fraction of sp³-hybridized carbons (Fsp3) is 0.438. The Balaban J connectivity index is 1.86. The molecule has 1 N–H and O–H groups in total. The minimum atomic E-state index is 0.418. The molecule has 1 heterocycles. The van der Waals surface area contributed by atoms with Crippen LogP contribution < -0.4 is 5.32 Å². The Kier molecular flexibility index (Phi) is 5.71. The highest BCUT2D eigenvalue weighted by atomic mass is 32.1. The molecule has 1 atom stereocenters. The third-order valence-electron chi connectivity index (χ3n) is 3.61. The summed E-state index contributed by atoms with van der Waals surface area (Å²) in [6.45, 7) is 4.14. The maximum Gasteiger partial charge on any atom is 0.0798 e. The van der Waals surface area contributed by atoms with E-state index >= 15 is 0 Å². The lowest BCUT2D eigenvalue weighted by atomic mass is 10.0. The van der Waals surface area contributed by atoms with Crippen LogP contribution in [0.4, 0.5) is 0 Å². The van der Waals surface area contributed by atoms with E-state index in [1.807, 2.05) is 12.6 Å². The van der Waals surface area contributed by atoms with Gasteiger partial charge in [-0.2, -0.15) is 0 Å². The smallest absolute Gasteiger partial charge is 0.0798 e. The van der Waals surface area contributed by atoms with Crippen molar-refractivity contribution in [1.29, 1.82) is 0 Å². The van der Waals surface area contributed by atoms with Gasteiger partial charge in [0.25, 0.3) is 0 Å². The molecular formula is C16H23N3S. The third-order valence-corrected chi connectivity index (χ3v) is 4.53. The molecule has 0 aliphatic carbocycles. The van der Waals surface area contributed by atoms with E-state index in [0.717, 1.165) is 25.2 Å². The Labute approximate surface area is 125 Å². The minimum absolute atomic E-state index is 0.418. The second-order valence-corrected chi connectivity index (χ2v) is 6.08. The first-order chi connectivity index (χ1) is 9.70. The molecule has 108 valence electrons. The van der Waals surface area contributed by atoms with Crippen LogP contribution in [0.15, 0.2) is 35.8 Å². The fourth-order valence-electron chi connectivity index (χ4n) is 2.31. The second-order valence-electron chi connectivity index (χ2n) is 5.14. The topological polar surface area (TPSA) is 28.2 Å². The van der Waals surface area contributed by atoms with Gasteiger partial charge in [-0.25, -0.2) is 4.98 Å². The summed E-state index contributed by atoms with van der Waals surface area (Å²) < 4.78 is 0. The first-order valence-electron chi connectivity index (χ1n) is 7.00. The van der Waals surface area contributed by atoms with Crippen molar-refractivity contribution in [3.05, 3.63) is 52.0 Å². The van der Waals surface area contributed by atoms with Gasteiger partial charge in [0.05, 0.1) is 11.2 Å². The van der Waals surface area contributed by atoms with Crippen molar-refractivity contribution in [2.75, 3.05) is 20.6 Å². The van der Waals surface area contributed by atoms with Crippen LogP contribution in [0, 0.1) is 6.92 Å². The fourth-order valence-corrected chi connectivity index (χ4v) is 3.17. The molecule has 0 amide bonds. The summed E-state index contributed by atoms with van der Waals surface area (Å²) >= 11 is 1.75. The number of nitrogens with zero attached hydrogens (tertiary/aromatic N) is 2. The summed E-state index contributed by atoms with van der Waals surface area (Å²) in [6, 6.07) is 11.1. The summed E-state index contributed by atoms with van der Waals surface area (Å²) in [4.78, 5) is 8.05. The van der Waals surface area contributed by atoms with Crippen LogP contribution >= 0.6 is 11.3 Å². The number of hydrogen-bond donors (Lipinski definition) is 1. The highest BCUT2D eigenvalue weighted by molar-refractivity contribution is 7.09. The molecule has 0 saturated carbocycles. The van der Waals surface area contributed by atoms with Gasteiger partial charge >= 0.3 is 0 Å². The van der Waals surface area contributed by atoms with E-state index in [-0.39, 0.29) is 0 Å². The van der Waals surface area contributed by atoms with Gasteiger partial charge in [-0.3, -0.25) is 0 Å². The zero-order valence-corrected chi connectivity index (χ0v) is 13.3. The van der Waals surface area contributed by atoms with Gasteiger partial charge < -0.3 is 10.2 Å². The summed E-state index contributed by atoms with van der Waals surface area (Å²) in [5.41, 5.74) is 4.45. The average Bonchev–Trinajstić information content (AvgIpc) is 2.86. The quantitative estimate of drug-likeness (QED) is 0.848. The Morgan fingerprint density at radius 3 is 2.65 bits per heavy atom. The van der Waals surface area contributed by atoms with E-state index in [4.69, 9.17) is 0 Å². The SMILES string of the molecule is CNC(CCN(C)Cc1scnc1C)c1ccccc1. The van der Waals surface area contributed by atoms with Crippen molar-refractivity contribution in [1.82, 2.24) is 15.2 Å². The number of benzene rings is 1. The van der Waals surface area contributed by atoms with Crippen molar-refractivity contribution < 1.29 is 0 Å². The lowest BCUT2D eigenvalue weighted by Crippen LogP contribution is -2.25. The van der Waals surface area contributed by atoms with E-state index < -0.39 is 0 Å². The van der Waals surface area contributed by atoms with Crippen LogP contribution in [0.25, 0.3) is 0 Å². The van der Waals surface area contributed by atoms with E-state index in [1.54, 1.807) is 11.3 Å². The standard InChI is InChI=1S/C16H23N3S/c1-13-16(20-12-18-13)11-19(3)10-9-15(17-2)14-7-5-4-6-8-14/h4-8,12,15,17H,9-11H2,1-3H3. The van der Waals surface area contributed by atoms with Crippen LogP contribution in [-0.4, -0.2) is 30.5 Å². The van der Waals surface area contributed by atoms with E-state index in [2.05, 4.69) is 59.5 Å². The Morgan fingerprint density at radius 1 is 1.30 bits per heavy atom. The molecule has 0 bridgehead atoms. The molecule has 20 heavy (non-hydrogen) atoms. The van der Waals surface area contributed by atoms with Crippen molar-refractivity contribution in [3.8, 4) is 0 Å². The van der Waals surface area contributed by atoms with Crippen molar-refractivity contribution >= 4 is 11.3 Å². The highest BCUT2D eigenvalue weighted by Gasteiger charge is 2.11. The van der Waals surface area contributed by atoms with Gasteiger partial charge in [-0.1, -0.05) is 30.3 Å². The van der Waals surface area contributed by atoms with Crippen LogP contribution in [0.1, 0.15) is 28.6 Å². The molecule has 0 aliphatic rings. The lowest BCUT2D eigenvalue weighted by molar-refractivity contribution is 0.305. The number of thiazole rings is 1. The third kappa shape index (κ3) is 4.13. The first kappa shape index (κ1) is 15.2. The number of aryl methyl sites for hydroxylation is 1. The van der Waals surface area contributed by atoms with Crippen molar-refractivity contribution in [3.63, 3.8) is 0 Å². The van der Waals surface area contributed by atoms with Gasteiger partial charge in [0.2, 0.25) is 0 Å². The van der Waals surface area contributed by atoms with Crippen LogP contribution in [0.2, 0.25) is 0 Å². The normalized spacial score (nSPS) is 12.8. The highest BCUT2D eigenvalue weighted by Crippen LogP contribution is 2.18. The number of rotatable bonds is 7. The number of nitrogens with one attached hydrogen (secondary N) is 1. The Bertz CT molecular complexity index is 509. The maximum atomic E-state index is 4.31. The molecule has 0 aliphatic heterocycles. The molecule has 2 aromatic rings. The van der Waals surface area contributed by atoms with Gasteiger partial charge in [0, 0.05) is 24.0 Å². The summed E-state index contributed by atoms with van der Waals surface area (Å²) in [5, 5.41) is 3.41. The second kappa shape index (κ2) is 7.53. The first-order valence-corrected chi connectivity index (χ1v) is 7.88. The zero-order valence-electron chi connectivity index (χ0n) is 12.5. The molecule has 1 aromatic heterocycles. The monoisotopic (exact) mass is 289 g/mol. The van der Waals surface area contributed by atoms with E-state index in [9.17, 15) is 0 Å². The predicted molar refractivity (Wildman–Crippen MR) is 86.0 cm³/mol. The van der Waals surface area contributed by atoms with E-state index in [0.29, 0.717) is 6.04 Å². The van der Waals surface area contributed by atoms with Gasteiger partial charge in [0.1, 0.15) is 0 Å². The lowest BCUT2D eigenvalue weighted by Gasteiger charge is -2.21. The minimum Gasteiger partial charge on any atom is -0.313 e. The Hall–Kier alpha value is -1.23. The molecule has 0 saturated heterocycles. The van der Waals surface area contributed by atoms with Crippen molar-refractivity contribution in [2.45, 2.75) is 25.9 Å². The molecule has 0 radical (unpaired) electrons. The zero-order chi connectivity index (χ0) is 14.4. The number of aromatic nitrogens is 1. The molecule has 2 rings (SSSR count). The largest absolute Gasteiger partial charge is 0.313 e. The molecule has 1 aromatic carbocycles. The van der Waals surface area contributed by atoms with Crippen LogP contribution in [-0.2, 0) is 6.54 Å². The van der Waals surface area contributed by atoms with Gasteiger partial charge in [0.15, 0.2) is 0 Å². The molecule has 4 heteroatoms. The Morgan fingerprint density at radius 2 is 2.05 bits per heavy atom. The molecule has 3 nitrogen and oxygen atoms in total.